The molecule has 0 aromatic rings. The molecule has 5 heteroatoms. The molecule has 1 aliphatic carbocycles. The first-order chi connectivity index (χ1) is 8.24. The Morgan fingerprint density at radius 3 is 3.06 bits per heavy atom. The van der Waals surface area contributed by atoms with Gasteiger partial charge in [0.25, 0.3) is 0 Å². The van der Waals surface area contributed by atoms with Crippen molar-refractivity contribution in [1.82, 2.24) is 10.6 Å². The van der Waals surface area contributed by atoms with E-state index in [0.717, 1.165) is 32.4 Å². The fourth-order valence-electron chi connectivity index (χ4n) is 2.56. The largest absolute Gasteiger partial charge is 0.393 e. The van der Waals surface area contributed by atoms with E-state index in [1.165, 1.54) is 0 Å². The van der Waals surface area contributed by atoms with Crippen molar-refractivity contribution in [3.05, 3.63) is 0 Å². The smallest absolute Gasteiger partial charge is 0.221 e. The van der Waals surface area contributed by atoms with E-state index >= 15 is 0 Å². The summed E-state index contributed by atoms with van der Waals surface area (Å²) in [7, 11) is 0. The monoisotopic (exact) mass is 242 g/mol. The zero-order valence-electron chi connectivity index (χ0n) is 10.2. The SMILES string of the molecule is O=C(CC1COCCN1)NC1CCCC(O)C1. The van der Waals surface area contributed by atoms with Gasteiger partial charge in [-0.05, 0) is 25.7 Å². The summed E-state index contributed by atoms with van der Waals surface area (Å²) < 4.78 is 5.31. The fraction of sp³-hybridized carbons (Fsp3) is 0.917. The fourth-order valence-corrected chi connectivity index (χ4v) is 2.56. The van der Waals surface area contributed by atoms with Crippen LogP contribution in [-0.2, 0) is 9.53 Å². The molecule has 5 nitrogen and oxygen atoms in total. The van der Waals surface area contributed by atoms with Gasteiger partial charge in [0.15, 0.2) is 0 Å². The number of hydrogen-bond acceptors (Lipinski definition) is 4. The molecule has 0 aromatic heterocycles. The Kier molecular flexibility index (Phi) is 4.76. The predicted molar refractivity (Wildman–Crippen MR) is 63.6 cm³/mol. The van der Waals surface area contributed by atoms with Crippen molar-refractivity contribution in [2.45, 2.75) is 50.3 Å². The normalized spacial score (nSPS) is 34.3. The second-order valence-corrected chi connectivity index (χ2v) is 5.01. The lowest BCUT2D eigenvalue weighted by Gasteiger charge is -2.28. The van der Waals surface area contributed by atoms with Gasteiger partial charge in [-0.15, -0.1) is 0 Å². The summed E-state index contributed by atoms with van der Waals surface area (Å²) in [5.41, 5.74) is 0. The van der Waals surface area contributed by atoms with Crippen LogP contribution in [-0.4, -0.2) is 49.0 Å². The van der Waals surface area contributed by atoms with Gasteiger partial charge in [0.05, 0.1) is 19.3 Å². The summed E-state index contributed by atoms with van der Waals surface area (Å²) in [5.74, 6) is 0.0621. The molecule has 0 aromatic carbocycles. The topological polar surface area (TPSA) is 70.6 Å². The highest BCUT2D eigenvalue weighted by Crippen LogP contribution is 2.18. The van der Waals surface area contributed by atoms with Crippen LogP contribution in [0.1, 0.15) is 32.1 Å². The van der Waals surface area contributed by atoms with E-state index in [4.69, 9.17) is 4.74 Å². The third kappa shape index (κ3) is 4.26. The van der Waals surface area contributed by atoms with Crippen molar-refractivity contribution in [3.8, 4) is 0 Å². The van der Waals surface area contributed by atoms with Gasteiger partial charge in [-0.25, -0.2) is 0 Å². The minimum atomic E-state index is -0.245. The summed E-state index contributed by atoms with van der Waals surface area (Å²) >= 11 is 0. The molecule has 2 rings (SSSR count). The van der Waals surface area contributed by atoms with Crippen LogP contribution in [0.5, 0.6) is 0 Å². The number of aliphatic hydroxyl groups is 1. The van der Waals surface area contributed by atoms with Crippen LogP contribution < -0.4 is 10.6 Å². The maximum atomic E-state index is 11.8. The van der Waals surface area contributed by atoms with Crippen LogP contribution in [0.25, 0.3) is 0 Å². The highest BCUT2D eigenvalue weighted by atomic mass is 16.5. The van der Waals surface area contributed by atoms with E-state index in [2.05, 4.69) is 10.6 Å². The Hall–Kier alpha value is -0.650. The van der Waals surface area contributed by atoms with E-state index in [-0.39, 0.29) is 24.1 Å². The number of carbonyl (C=O) groups is 1. The van der Waals surface area contributed by atoms with E-state index in [1.807, 2.05) is 0 Å². The molecular weight excluding hydrogens is 220 g/mol. The number of ether oxygens (including phenoxy) is 1. The van der Waals surface area contributed by atoms with Crippen LogP contribution in [0.15, 0.2) is 0 Å². The quantitative estimate of drug-likeness (QED) is 0.640. The molecule has 3 atom stereocenters. The Labute approximate surface area is 102 Å². The highest BCUT2D eigenvalue weighted by molar-refractivity contribution is 5.76. The predicted octanol–water partition coefficient (Wildman–Crippen LogP) is -0.215. The average Bonchev–Trinajstić information content (AvgIpc) is 2.30. The van der Waals surface area contributed by atoms with Crippen molar-refractivity contribution >= 4 is 5.91 Å². The molecule has 2 aliphatic rings. The van der Waals surface area contributed by atoms with Crippen LogP contribution in [0, 0.1) is 0 Å². The number of carbonyl (C=O) groups excluding carboxylic acids is 1. The second kappa shape index (κ2) is 6.33. The third-order valence-electron chi connectivity index (χ3n) is 3.44. The van der Waals surface area contributed by atoms with E-state index in [9.17, 15) is 9.90 Å². The lowest BCUT2D eigenvalue weighted by Crippen LogP contribution is -2.46. The first kappa shape index (κ1) is 12.8. The molecule has 17 heavy (non-hydrogen) atoms. The van der Waals surface area contributed by atoms with Gasteiger partial charge in [-0.2, -0.15) is 0 Å². The molecule has 1 heterocycles. The van der Waals surface area contributed by atoms with Crippen LogP contribution in [0.4, 0.5) is 0 Å². The van der Waals surface area contributed by atoms with Crippen molar-refractivity contribution in [3.63, 3.8) is 0 Å². The number of hydrogen-bond donors (Lipinski definition) is 3. The summed E-state index contributed by atoms with van der Waals surface area (Å²) in [6, 6.07) is 0.285. The number of nitrogens with one attached hydrogen (secondary N) is 2. The first-order valence-electron chi connectivity index (χ1n) is 6.52. The molecule has 98 valence electrons. The van der Waals surface area contributed by atoms with Crippen molar-refractivity contribution in [1.29, 1.82) is 0 Å². The summed E-state index contributed by atoms with van der Waals surface area (Å²) in [4.78, 5) is 11.8. The lowest BCUT2D eigenvalue weighted by molar-refractivity contribution is -0.123. The van der Waals surface area contributed by atoms with Gasteiger partial charge < -0.3 is 20.5 Å². The van der Waals surface area contributed by atoms with Gasteiger partial charge >= 0.3 is 0 Å². The molecule has 0 spiro atoms. The third-order valence-corrected chi connectivity index (χ3v) is 3.44. The van der Waals surface area contributed by atoms with Crippen molar-refractivity contribution in [2.75, 3.05) is 19.8 Å². The number of morpholine rings is 1. The number of aliphatic hydroxyl groups excluding tert-OH is 1. The molecule has 0 radical (unpaired) electrons. The molecule has 3 unspecified atom stereocenters. The van der Waals surface area contributed by atoms with Gasteiger partial charge in [0.1, 0.15) is 0 Å². The standard InChI is InChI=1S/C12H22N2O3/c15-11-3-1-2-9(6-11)14-12(16)7-10-8-17-5-4-13-10/h9-11,13,15H,1-8H2,(H,14,16). The van der Waals surface area contributed by atoms with E-state index in [0.29, 0.717) is 19.4 Å². The Bertz CT molecular complexity index is 254. The maximum Gasteiger partial charge on any atom is 0.221 e. The molecule has 1 saturated carbocycles. The minimum absolute atomic E-state index is 0.0621. The number of amides is 1. The Balaban J connectivity index is 1.68. The van der Waals surface area contributed by atoms with Crippen LogP contribution >= 0.6 is 0 Å². The van der Waals surface area contributed by atoms with Gasteiger partial charge in [-0.1, -0.05) is 0 Å². The molecule has 1 amide bonds. The van der Waals surface area contributed by atoms with Crippen LogP contribution in [0.3, 0.4) is 0 Å². The van der Waals surface area contributed by atoms with Gasteiger partial charge in [0.2, 0.25) is 5.91 Å². The van der Waals surface area contributed by atoms with Gasteiger partial charge in [0, 0.05) is 25.0 Å². The molecule has 0 bridgehead atoms. The highest BCUT2D eigenvalue weighted by Gasteiger charge is 2.23. The van der Waals surface area contributed by atoms with Crippen LogP contribution in [0.2, 0.25) is 0 Å². The van der Waals surface area contributed by atoms with E-state index in [1.54, 1.807) is 0 Å². The van der Waals surface area contributed by atoms with Crippen molar-refractivity contribution in [2.24, 2.45) is 0 Å². The van der Waals surface area contributed by atoms with Gasteiger partial charge in [-0.3, -0.25) is 4.79 Å². The first-order valence-corrected chi connectivity index (χ1v) is 6.52. The average molecular weight is 242 g/mol. The van der Waals surface area contributed by atoms with Crippen molar-refractivity contribution < 1.29 is 14.6 Å². The zero-order valence-corrected chi connectivity index (χ0v) is 10.2. The number of rotatable bonds is 3. The lowest BCUT2D eigenvalue weighted by atomic mass is 9.93. The molecule has 1 saturated heterocycles. The summed E-state index contributed by atoms with van der Waals surface area (Å²) in [6.07, 6.45) is 3.76. The Morgan fingerprint density at radius 1 is 1.47 bits per heavy atom. The summed E-state index contributed by atoms with van der Waals surface area (Å²) in [5, 5.41) is 15.8. The molecule has 2 fully saturated rings. The zero-order chi connectivity index (χ0) is 12.1. The molecule has 3 N–H and O–H groups in total. The minimum Gasteiger partial charge on any atom is -0.393 e. The molecule has 1 aliphatic heterocycles. The van der Waals surface area contributed by atoms with E-state index < -0.39 is 0 Å². The molecular formula is C12H22N2O3. The Morgan fingerprint density at radius 2 is 2.35 bits per heavy atom. The second-order valence-electron chi connectivity index (χ2n) is 5.01. The summed E-state index contributed by atoms with van der Waals surface area (Å²) in [6.45, 7) is 2.16. The maximum absolute atomic E-state index is 11.8.